The number of Topliss-reactive ketones (excluding diaryl/α,β-unsaturated/α-hetero) is 1. The zero-order valence-corrected chi connectivity index (χ0v) is 12.4. The fraction of sp³-hybridized carbons (Fsp3) is 0.429. The second-order valence-electron chi connectivity index (χ2n) is 5.13. The molecule has 0 aliphatic carbocycles. The highest BCUT2D eigenvalue weighted by atomic mass is 32.2. The van der Waals surface area contributed by atoms with Gasteiger partial charge >= 0.3 is 5.97 Å². The van der Waals surface area contributed by atoms with Crippen LogP contribution in [0.15, 0.2) is 18.2 Å². The highest BCUT2D eigenvalue weighted by Crippen LogP contribution is 2.13. The first-order valence-corrected chi connectivity index (χ1v) is 7.12. The molecule has 0 saturated carbocycles. The molecule has 110 valence electrons. The van der Waals surface area contributed by atoms with Crippen molar-refractivity contribution in [3.05, 3.63) is 35.4 Å². The number of benzene rings is 1. The Labute approximate surface area is 120 Å². The molecule has 0 fully saturated rings. The number of rotatable bonds is 5. The molecule has 20 heavy (non-hydrogen) atoms. The highest BCUT2D eigenvalue weighted by Gasteiger charge is 2.17. The third-order valence-corrected chi connectivity index (χ3v) is 3.02. The van der Waals surface area contributed by atoms with Gasteiger partial charge in [-0.1, -0.05) is 0 Å². The molecule has 0 heterocycles. The van der Waals surface area contributed by atoms with Crippen LogP contribution in [0.5, 0.6) is 0 Å². The van der Waals surface area contributed by atoms with Crippen LogP contribution in [-0.2, 0) is 9.53 Å². The molecule has 0 atom stereocenters. The van der Waals surface area contributed by atoms with Crippen molar-refractivity contribution in [2.75, 3.05) is 11.5 Å². The van der Waals surface area contributed by atoms with Crippen LogP contribution in [0.2, 0.25) is 0 Å². The number of thioether (sulfide) groups is 1. The van der Waals surface area contributed by atoms with Gasteiger partial charge in [0.25, 0.3) is 0 Å². The van der Waals surface area contributed by atoms with E-state index in [1.165, 1.54) is 6.07 Å². The molecule has 0 radical (unpaired) electrons. The van der Waals surface area contributed by atoms with Crippen molar-refractivity contribution in [2.45, 2.75) is 26.4 Å². The van der Waals surface area contributed by atoms with Crippen molar-refractivity contribution in [3.63, 3.8) is 0 Å². The average Bonchev–Trinajstić information content (AvgIpc) is 2.30. The van der Waals surface area contributed by atoms with E-state index in [2.05, 4.69) is 0 Å². The third kappa shape index (κ3) is 5.69. The average molecular weight is 302 g/mol. The van der Waals surface area contributed by atoms with Gasteiger partial charge in [-0.25, -0.2) is 8.78 Å². The smallest absolute Gasteiger partial charge is 0.316 e. The lowest BCUT2D eigenvalue weighted by molar-refractivity contribution is -0.151. The van der Waals surface area contributed by atoms with Gasteiger partial charge in [0.2, 0.25) is 0 Å². The summed E-state index contributed by atoms with van der Waals surface area (Å²) in [5, 5.41) is 0. The van der Waals surface area contributed by atoms with Crippen molar-refractivity contribution in [1.82, 2.24) is 0 Å². The summed E-state index contributed by atoms with van der Waals surface area (Å²) in [7, 11) is 0. The van der Waals surface area contributed by atoms with E-state index in [1.54, 1.807) is 20.8 Å². The van der Waals surface area contributed by atoms with Gasteiger partial charge in [0, 0.05) is 5.56 Å². The summed E-state index contributed by atoms with van der Waals surface area (Å²) < 4.78 is 30.8. The van der Waals surface area contributed by atoms with Crippen molar-refractivity contribution in [1.29, 1.82) is 0 Å². The molecule has 0 aliphatic heterocycles. The molecule has 6 heteroatoms. The van der Waals surface area contributed by atoms with Crippen LogP contribution in [0.4, 0.5) is 8.78 Å². The summed E-state index contributed by atoms with van der Waals surface area (Å²) in [4.78, 5) is 23.1. The molecule has 1 aromatic carbocycles. The summed E-state index contributed by atoms with van der Waals surface area (Å²) in [6.07, 6.45) is 0. The predicted molar refractivity (Wildman–Crippen MR) is 73.9 cm³/mol. The second-order valence-corrected chi connectivity index (χ2v) is 6.12. The Balaban J connectivity index is 2.44. The van der Waals surface area contributed by atoms with Gasteiger partial charge in [0.05, 0.1) is 11.5 Å². The van der Waals surface area contributed by atoms with Crippen molar-refractivity contribution in [2.24, 2.45) is 0 Å². The number of esters is 1. The Morgan fingerprint density at radius 3 is 2.35 bits per heavy atom. The molecule has 0 aromatic heterocycles. The molecular weight excluding hydrogens is 286 g/mol. The van der Waals surface area contributed by atoms with E-state index in [-0.39, 0.29) is 22.9 Å². The lowest BCUT2D eigenvalue weighted by Crippen LogP contribution is -2.25. The summed E-state index contributed by atoms with van der Waals surface area (Å²) >= 11 is 1.07. The largest absolute Gasteiger partial charge is 0.459 e. The molecule has 0 bridgehead atoms. The fourth-order valence-electron chi connectivity index (χ4n) is 1.35. The van der Waals surface area contributed by atoms with Gasteiger partial charge < -0.3 is 4.74 Å². The Morgan fingerprint density at radius 1 is 1.15 bits per heavy atom. The zero-order chi connectivity index (χ0) is 15.3. The van der Waals surface area contributed by atoms with Crippen LogP contribution in [0.3, 0.4) is 0 Å². The molecule has 0 unspecified atom stereocenters. The van der Waals surface area contributed by atoms with Crippen molar-refractivity contribution in [3.8, 4) is 0 Å². The summed E-state index contributed by atoms with van der Waals surface area (Å²) in [6.45, 7) is 5.26. The van der Waals surface area contributed by atoms with E-state index in [9.17, 15) is 18.4 Å². The Morgan fingerprint density at radius 2 is 1.80 bits per heavy atom. The number of carbonyl (C=O) groups excluding carboxylic acids is 2. The standard InChI is InChI=1S/C14H16F2O3S/c1-14(2,3)19-13(18)8-20-7-12(17)9-4-5-10(15)11(16)6-9/h4-6H,7-8H2,1-3H3. The van der Waals surface area contributed by atoms with Crippen molar-refractivity contribution >= 4 is 23.5 Å². The monoisotopic (exact) mass is 302 g/mol. The van der Waals surface area contributed by atoms with Gasteiger partial charge in [-0.2, -0.15) is 0 Å². The first-order chi connectivity index (χ1) is 9.19. The Hall–Kier alpha value is -1.43. The predicted octanol–water partition coefficient (Wildman–Crippen LogP) is 3.22. The lowest BCUT2D eigenvalue weighted by atomic mass is 10.1. The molecule has 0 saturated heterocycles. The fourth-order valence-corrected chi connectivity index (χ4v) is 2.03. The first kappa shape index (κ1) is 16.6. The highest BCUT2D eigenvalue weighted by molar-refractivity contribution is 8.00. The third-order valence-electron chi connectivity index (χ3n) is 2.11. The van der Waals surface area contributed by atoms with Crippen LogP contribution in [0.1, 0.15) is 31.1 Å². The van der Waals surface area contributed by atoms with Gasteiger partial charge in [-0.3, -0.25) is 9.59 Å². The number of ketones is 1. The molecule has 0 spiro atoms. The van der Waals surface area contributed by atoms with E-state index in [1.807, 2.05) is 0 Å². The van der Waals surface area contributed by atoms with Crippen LogP contribution in [0.25, 0.3) is 0 Å². The Bertz CT molecular complexity index is 510. The van der Waals surface area contributed by atoms with E-state index in [0.717, 1.165) is 23.9 Å². The molecule has 1 rings (SSSR count). The molecular formula is C14H16F2O3S. The summed E-state index contributed by atoms with van der Waals surface area (Å²) in [5.74, 6) is -2.80. The number of halogens is 2. The normalized spacial score (nSPS) is 11.2. The van der Waals surface area contributed by atoms with E-state index in [0.29, 0.717) is 0 Å². The van der Waals surface area contributed by atoms with Crippen LogP contribution >= 0.6 is 11.8 Å². The minimum Gasteiger partial charge on any atom is -0.459 e. The summed E-state index contributed by atoms with van der Waals surface area (Å²) in [5.41, 5.74) is -0.484. The summed E-state index contributed by atoms with van der Waals surface area (Å²) in [6, 6.07) is 2.97. The molecule has 0 amide bonds. The second kappa shape index (κ2) is 6.83. The Kier molecular flexibility index (Phi) is 5.68. The minimum absolute atomic E-state index is 0.00428. The maximum absolute atomic E-state index is 13.0. The molecule has 0 aliphatic rings. The molecule has 0 N–H and O–H groups in total. The number of ether oxygens (including phenoxy) is 1. The number of hydrogen-bond acceptors (Lipinski definition) is 4. The van der Waals surface area contributed by atoms with Gasteiger partial charge in [-0.15, -0.1) is 11.8 Å². The topological polar surface area (TPSA) is 43.4 Å². The van der Waals surface area contributed by atoms with Crippen LogP contribution in [0, 0.1) is 11.6 Å². The lowest BCUT2D eigenvalue weighted by Gasteiger charge is -2.19. The minimum atomic E-state index is -1.06. The quantitative estimate of drug-likeness (QED) is 0.619. The van der Waals surface area contributed by atoms with Gasteiger partial charge in [0.15, 0.2) is 17.4 Å². The maximum Gasteiger partial charge on any atom is 0.316 e. The SMILES string of the molecule is CC(C)(C)OC(=O)CSCC(=O)c1ccc(F)c(F)c1. The van der Waals surface area contributed by atoms with Gasteiger partial charge in [-0.05, 0) is 39.0 Å². The number of hydrogen-bond donors (Lipinski definition) is 0. The number of carbonyl (C=O) groups is 2. The zero-order valence-electron chi connectivity index (χ0n) is 11.5. The van der Waals surface area contributed by atoms with Gasteiger partial charge in [0.1, 0.15) is 5.60 Å². The molecule has 3 nitrogen and oxygen atoms in total. The maximum atomic E-state index is 13.0. The van der Waals surface area contributed by atoms with Crippen molar-refractivity contribution < 1.29 is 23.1 Å². The van der Waals surface area contributed by atoms with E-state index < -0.39 is 23.2 Å². The van der Waals surface area contributed by atoms with Crippen LogP contribution < -0.4 is 0 Å². The van der Waals surface area contributed by atoms with E-state index >= 15 is 0 Å². The molecule has 1 aromatic rings. The van der Waals surface area contributed by atoms with Crippen LogP contribution in [-0.4, -0.2) is 28.9 Å². The van der Waals surface area contributed by atoms with E-state index in [4.69, 9.17) is 4.74 Å². The first-order valence-electron chi connectivity index (χ1n) is 5.97.